The second-order valence-corrected chi connectivity index (χ2v) is 4.92. The highest BCUT2D eigenvalue weighted by atomic mass is 16.5. The molecule has 0 saturated heterocycles. The van der Waals surface area contributed by atoms with Gasteiger partial charge in [0.05, 0.1) is 24.1 Å². The summed E-state index contributed by atoms with van der Waals surface area (Å²) in [5, 5.41) is 7.81. The summed E-state index contributed by atoms with van der Waals surface area (Å²) in [5.74, 6) is 0.802. The number of nitrogens with two attached hydrogens (primary N) is 1. The van der Waals surface area contributed by atoms with Gasteiger partial charge in [-0.05, 0) is 32.0 Å². The van der Waals surface area contributed by atoms with Crippen molar-refractivity contribution in [2.75, 3.05) is 19.1 Å². The Bertz CT molecular complexity index is 682. The lowest BCUT2D eigenvalue weighted by Crippen LogP contribution is -2.21. The van der Waals surface area contributed by atoms with Gasteiger partial charge in [0.15, 0.2) is 0 Å². The molecule has 1 aromatic heterocycles. The first-order chi connectivity index (χ1) is 9.93. The third-order valence-electron chi connectivity index (χ3n) is 3.38. The molecular formula is C16H20N4O. The third-order valence-corrected chi connectivity index (χ3v) is 3.38. The number of aryl methyl sites for hydroxylation is 2. The number of nitrogen functional groups attached to an aromatic ring is 1. The fraction of sp³-hybridized carbons (Fsp3) is 0.250. The van der Waals surface area contributed by atoms with Gasteiger partial charge in [0.1, 0.15) is 11.6 Å². The topological polar surface area (TPSA) is 75.2 Å². The average Bonchev–Trinajstić information content (AvgIpc) is 2.45. The molecule has 0 bridgehead atoms. The molecule has 0 aliphatic heterocycles. The Morgan fingerprint density at radius 1 is 1.29 bits per heavy atom. The molecule has 5 heteroatoms. The van der Waals surface area contributed by atoms with Gasteiger partial charge in [-0.15, -0.1) is 0 Å². The first-order valence-corrected chi connectivity index (χ1v) is 6.64. The number of amidine groups is 1. The van der Waals surface area contributed by atoms with Crippen LogP contribution < -0.4 is 15.4 Å². The number of anilines is 2. The number of pyridine rings is 1. The number of ether oxygens (including phenoxy) is 1. The van der Waals surface area contributed by atoms with E-state index in [0.717, 1.165) is 28.5 Å². The van der Waals surface area contributed by atoms with Crippen LogP contribution in [0.4, 0.5) is 11.4 Å². The van der Waals surface area contributed by atoms with Crippen molar-refractivity contribution in [3.8, 4) is 5.75 Å². The Hall–Kier alpha value is -2.56. The maximum atomic E-state index is 7.81. The van der Waals surface area contributed by atoms with E-state index in [0.29, 0.717) is 5.56 Å². The molecule has 0 unspecified atom stereocenters. The normalized spacial score (nSPS) is 10.3. The summed E-state index contributed by atoms with van der Waals surface area (Å²) >= 11 is 0. The molecule has 0 radical (unpaired) electrons. The highest BCUT2D eigenvalue weighted by Crippen LogP contribution is 2.30. The molecule has 0 atom stereocenters. The fourth-order valence-corrected chi connectivity index (χ4v) is 2.36. The average molecular weight is 284 g/mol. The van der Waals surface area contributed by atoms with Gasteiger partial charge in [0.25, 0.3) is 0 Å². The minimum absolute atomic E-state index is 0.0183. The van der Waals surface area contributed by atoms with E-state index < -0.39 is 0 Å². The zero-order chi connectivity index (χ0) is 15.6. The maximum absolute atomic E-state index is 7.81. The Balaban J connectivity index is 2.56. The van der Waals surface area contributed by atoms with Crippen LogP contribution in [0, 0.1) is 19.3 Å². The van der Waals surface area contributed by atoms with Gasteiger partial charge in [-0.2, -0.15) is 0 Å². The highest BCUT2D eigenvalue weighted by Gasteiger charge is 2.16. The van der Waals surface area contributed by atoms with Gasteiger partial charge in [-0.3, -0.25) is 10.4 Å². The number of nitrogens with zero attached hydrogens (tertiary/aromatic N) is 2. The van der Waals surface area contributed by atoms with Crippen LogP contribution in [0.3, 0.4) is 0 Å². The number of hydrogen-bond donors (Lipinski definition) is 2. The predicted octanol–water partition coefficient (Wildman–Crippen LogP) is 2.76. The zero-order valence-corrected chi connectivity index (χ0v) is 12.8. The van der Waals surface area contributed by atoms with E-state index in [1.54, 1.807) is 7.11 Å². The molecule has 0 fully saturated rings. The van der Waals surface area contributed by atoms with Crippen LogP contribution >= 0.6 is 0 Å². The molecule has 2 aromatic rings. The van der Waals surface area contributed by atoms with E-state index in [2.05, 4.69) is 4.98 Å². The van der Waals surface area contributed by atoms with E-state index in [-0.39, 0.29) is 5.84 Å². The Kier molecular flexibility index (Phi) is 4.12. The van der Waals surface area contributed by atoms with Crippen LogP contribution in [0.5, 0.6) is 5.75 Å². The van der Waals surface area contributed by atoms with Crippen molar-refractivity contribution in [2.24, 2.45) is 5.73 Å². The van der Waals surface area contributed by atoms with E-state index in [1.807, 2.05) is 56.1 Å². The molecule has 5 nitrogen and oxygen atoms in total. The first-order valence-electron chi connectivity index (χ1n) is 6.64. The highest BCUT2D eigenvalue weighted by molar-refractivity contribution is 6.02. The summed E-state index contributed by atoms with van der Waals surface area (Å²) in [6.45, 7) is 3.80. The van der Waals surface area contributed by atoms with Crippen molar-refractivity contribution in [3.63, 3.8) is 0 Å². The van der Waals surface area contributed by atoms with E-state index in [9.17, 15) is 0 Å². The third kappa shape index (κ3) is 2.97. The molecule has 21 heavy (non-hydrogen) atoms. The molecule has 0 aliphatic rings. The number of aromatic nitrogens is 1. The van der Waals surface area contributed by atoms with Crippen LogP contribution in [0.25, 0.3) is 0 Å². The molecular weight excluding hydrogens is 264 g/mol. The molecule has 110 valence electrons. The second kappa shape index (κ2) is 5.83. The lowest BCUT2D eigenvalue weighted by Gasteiger charge is -2.24. The Morgan fingerprint density at radius 2 is 2.00 bits per heavy atom. The van der Waals surface area contributed by atoms with Gasteiger partial charge in [-0.25, -0.2) is 0 Å². The van der Waals surface area contributed by atoms with Crippen molar-refractivity contribution in [3.05, 3.63) is 47.3 Å². The van der Waals surface area contributed by atoms with Crippen molar-refractivity contribution >= 4 is 17.2 Å². The molecule has 3 N–H and O–H groups in total. The van der Waals surface area contributed by atoms with E-state index in [1.165, 1.54) is 0 Å². The fourth-order valence-electron chi connectivity index (χ4n) is 2.36. The molecule has 2 rings (SSSR count). The quantitative estimate of drug-likeness (QED) is 0.668. The number of methoxy groups -OCH3 is 1. The van der Waals surface area contributed by atoms with Crippen LogP contribution in [0.15, 0.2) is 30.3 Å². The van der Waals surface area contributed by atoms with Gasteiger partial charge in [0.2, 0.25) is 0 Å². The van der Waals surface area contributed by atoms with Crippen LogP contribution in [0.1, 0.15) is 17.0 Å². The predicted molar refractivity (Wildman–Crippen MR) is 85.8 cm³/mol. The summed E-state index contributed by atoms with van der Waals surface area (Å²) in [6, 6.07) is 9.68. The molecule has 0 amide bonds. The molecule has 1 heterocycles. The smallest absolute Gasteiger partial charge is 0.126 e. The minimum Gasteiger partial charge on any atom is -0.497 e. The van der Waals surface area contributed by atoms with Gasteiger partial charge in [-0.1, -0.05) is 6.07 Å². The SMILES string of the molecule is COc1cccc(N(C)c2cc(C)nc(C)c2C(=N)N)c1. The van der Waals surface area contributed by atoms with Gasteiger partial charge < -0.3 is 15.4 Å². The lowest BCUT2D eigenvalue weighted by atomic mass is 10.1. The summed E-state index contributed by atoms with van der Waals surface area (Å²) in [4.78, 5) is 6.38. The Morgan fingerprint density at radius 3 is 2.62 bits per heavy atom. The summed E-state index contributed by atoms with van der Waals surface area (Å²) in [6.07, 6.45) is 0. The van der Waals surface area contributed by atoms with Gasteiger partial charge in [0, 0.05) is 24.5 Å². The van der Waals surface area contributed by atoms with Crippen LogP contribution in [-0.4, -0.2) is 25.0 Å². The monoisotopic (exact) mass is 284 g/mol. The van der Waals surface area contributed by atoms with Crippen molar-refractivity contribution in [2.45, 2.75) is 13.8 Å². The zero-order valence-electron chi connectivity index (χ0n) is 12.8. The van der Waals surface area contributed by atoms with Gasteiger partial charge >= 0.3 is 0 Å². The van der Waals surface area contributed by atoms with E-state index >= 15 is 0 Å². The summed E-state index contributed by atoms with van der Waals surface area (Å²) < 4.78 is 5.26. The number of nitrogens with one attached hydrogen (secondary N) is 1. The Labute approximate surface area is 124 Å². The van der Waals surface area contributed by atoms with Crippen molar-refractivity contribution < 1.29 is 4.74 Å². The number of hydrogen-bond acceptors (Lipinski definition) is 4. The largest absolute Gasteiger partial charge is 0.497 e. The maximum Gasteiger partial charge on any atom is 0.126 e. The minimum atomic E-state index is 0.0183. The standard InChI is InChI=1S/C16H20N4O/c1-10-8-14(15(16(17)18)11(2)19-10)20(3)12-6-5-7-13(9-12)21-4/h5-9H,1-4H3,(H3,17,18). The van der Waals surface area contributed by atoms with Crippen LogP contribution in [-0.2, 0) is 0 Å². The second-order valence-electron chi connectivity index (χ2n) is 4.92. The van der Waals surface area contributed by atoms with Crippen LogP contribution in [0.2, 0.25) is 0 Å². The van der Waals surface area contributed by atoms with E-state index in [4.69, 9.17) is 15.9 Å². The summed E-state index contributed by atoms with van der Waals surface area (Å²) in [7, 11) is 3.58. The first kappa shape index (κ1) is 14.8. The lowest BCUT2D eigenvalue weighted by molar-refractivity contribution is 0.415. The summed E-state index contributed by atoms with van der Waals surface area (Å²) in [5.41, 5.74) is 9.86. The number of benzene rings is 1. The van der Waals surface area contributed by atoms with Crippen molar-refractivity contribution in [1.29, 1.82) is 5.41 Å². The number of rotatable bonds is 4. The van der Waals surface area contributed by atoms with Crippen molar-refractivity contribution in [1.82, 2.24) is 4.98 Å². The molecule has 0 saturated carbocycles. The molecule has 0 aliphatic carbocycles. The molecule has 1 aromatic carbocycles. The molecule has 0 spiro atoms.